The molecular weight excluding hydrogens is 1490 g/mol. The number of esters is 4. The second kappa shape index (κ2) is 66.6. The number of carbonyl (C=O) groups excluding carboxylic acids is 4. The lowest BCUT2D eigenvalue weighted by Gasteiger charge is -2.50. The molecule has 2 saturated heterocycles. The van der Waals surface area contributed by atoms with Crippen LogP contribution >= 0.6 is 7.82 Å². The van der Waals surface area contributed by atoms with E-state index in [1.807, 2.05) is 0 Å². The number of aliphatic hydroxyl groups excluding tert-OH is 9. The SMILES string of the molecule is CCCCCCCC/C=C\CCCCCC(=O)OCC(COP(=O)(O)OC1C(OC2OC(CO)C(O)C(O)C2O)C(O)C(O)C(OC(=O)CCCCC/C=C\CCCCCCCC)C1OC1OC(COC(=O)CCCCCCCCCCCCCCC)C(O)C(O)C1O)OC(=O)CCCCCCCCC(C)CCCCCCCC. The van der Waals surface area contributed by atoms with Crippen LogP contribution in [0.3, 0.4) is 0 Å². The van der Waals surface area contributed by atoms with Crippen LogP contribution < -0.4 is 0 Å². The number of rotatable bonds is 72. The van der Waals surface area contributed by atoms with Gasteiger partial charge in [0.2, 0.25) is 0 Å². The Labute approximate surface area is 685 Å². The van der Waals surface area contributed by atoms with E-state index in [9.17, 15) is 74.6 Å². The Hall–Kier alpha value is -3.05. The molecular formula is C88H161O25P. The van der Waals surface area contributed by atoms with Crippen molar-refractivity contribution in [2.75, 3.05) is 26.4 Å². The summed E-state index contributed by atoms with van der Waals surface area (Å²) >= 11 is 0. The molecule has 0 bridgehead atoms. The molecule has 26 heteroatoms. The standard InChI is InChI=1S/C88H161O25P/c1-6-10-14-18-22-25-28-31-34-37-40-47-53-59-71(90)104-64-68(107-73(92)61-55-50-44-43-46-52-58-67(5)57-51-45-21-17-13-9-4)65-106-114(102,103)113-86-84(111-87-81(100)77(96)75(94)69(63-89)108-87)80(99)79(98)83(110-74(93)62-56-49-42-39-36-33-30-27-24-20-16-12-8-3)85(86)112-88-82(101)78(97)76(95)70(109-88)66-105-72(91)60-54-48-41-38-35-32-29-26-23-19-15-11-7-2/h31,33-34,36,67-70,75-89,94-101H,6-30,32,35,37-66H2,1-5H3,(H,102,103)/b34-31-,36-33-. The zero-order valence-electron chi connectivity index (χ0n) is 71.0. The van der Waals surface area contributed by atoms with E-state index in [0.29, 0.717) is 44.4 Å². The van der Waals surface area contributed by atoms with Crippen molar-refractivity contribution in [2.24, 2.45) is 5.92 Å². The predicted molar refractivity (Wildman–Crippen MR) is 439 cm³/mol. The molecule has 2 aliphatic heterocycles. The molecule has 668 valence electrons. The first-order valence-corrected chi connectivity index (χ1v) is 47.0. The van der Waals surface area contributed by atoms with Crippen LogP contribution in [-0.4, -0.2) is 205 Å². The largest absolute Gasteiger partial charge is 0.472 e. The molecule has 3 aliphatic rings. The second-order valence-electron chi connectivity index (χ2n) is 32.7. The number of phosphoric acid groups is 1. The molecule has 19 atom stereocenters. The summed E-state index contributed by atoms with van der Waals surface area (Å²) in [6, 6.07) is 0. The van der Waals surface area contributed by atoms with Crippen molar-refractivity contribution >= 4 is 31.7 Å². The Morgan fingerprint density at radius 3 is 1.14 bits per heavy atom. The summed E-state index contributed by atoms with van der Waals surface area (Å²) in [5.41, 5.74) is 0. The maximum Gasteiger partial charge on any atom is 0.472 e. The Morgan fingerprint density at radius 1 is 0.368 bits per heavy atom. The second-order valence-corrected chi connectivity index (χ2v) is 34.1. The van der Waals surface area contributed by atoms with Crippen molar-refractivity contribution in [1.82, 2.24) is 0 Å². The third kappa shape index (κ3) is 47.2. The number of hydrogen-bond acceptors (Lipinski definition) is 24. The van der Waals surface area contributed by atoms with E-state index >= 15 is 0 Å². The highest BCUT2D eigenvalue weighted by Gasteiger charge is 2.60. The number of hydrogen-bond donors (Lipinski definition) is 10. The highest BCUT2D eigenvalue weighted by atomic mass is 31.2. The monoisotopic (exact) mass is 1650 g/mol. The van der Waals surface area contributed by atoms with Gasteiger partial charge in [-0.2, -0.15) is 0 Å². The number of phosphoric ester groups is 1. The number of allylic oxidation sites excluding steroid dienone is 4. The molecule has 114 heavy (non-hydrogen) atoms. The molecule has 0 spiro atoms. The first kappa shape index (κ1) is 105. The van der Waals surface area contributed by atoms with Crippen LogP contribution in [0.25, 0.3) is 0 Å². The Kier molecular flexibility index (Phi) is 61.5. The Morgan fingerprint density at radius 2 is 0.711 bits per heavy atom. The van der Waals surface area contributed by atoms with Crippen molar-refractivity contribution in [2.45, 2.75) is 479 Å². The first-order chi connectivity index (χ1) is 55.1. The molecule has 0 amide bonds. The maximum atomic E-state index is 14.9. The summed E-state index contributed by atoms with van der Waals surface area (Å²) in [6.45, 7) is 7.85. The fourth-order valence-corrected chi connectivity index (χ4v) is 15.9. The molecule has 3 rings (SSSR count). The molecule has 2 heterocycles. The Balaban J connectivity index is 1.95. The smallest absolute Gasteiger partial charge is 0.463 e. The lowest BCUT2D eigenvalue weighted by Crippen LogP contribution is -2.70. The molecule has 25 nitrogen and oxygen atoms in total. The van der Waals surface area contributed by atoms with Gasteiger partial charge in [-0.1, -0.05) is 296 Å². The molecule has 1 saturated carbocycles. The quantitative estimate of drug-likeness (QED) is 0.00889. The molecule has 0 aromatic heterocycles. The minimum atomic E-state index is -5.81. The average molecular weight is 1650 g/mol. The van der Waals surface area contributed by atoms with E-state index in [1.54, 1.807) is 0 Å². The first-order valence-electron chi connectivity index (χ1n) is 45.5. The van der Waals surface area contributed by atoms with Gasteiger partial charge in [0.25, 0.3) is 0 Å². The minimum Gasteiger partial charge on any atom is -0.463 e. The van der Waals surface area contributed by atoms with E-state index < -0.39 is 162 Å². The molecule has 0 aromatic carbocycles. The van der Waals surface area contributed by atoms with Gasteiger partial charge < -0.3 is 88.7 Å². The summed E-state index contributed by atoms with van der Waals surface area (Å²) in [5.74, 6) is -2.34. The topological polar surface area (TPSA) is 380 Å². The van der Waals surface area contributed by atoms with Gasteiger partial charge in [-0.3, -0.25) is 28.2 Å². The summed E-state index contributed by atoms with van der Waals surface area (Å²) in [7, 11) is -5.81. The lowest BCUT2D eigenvalue weighted by atomic mass is 9.84. The molecule has 19 unspecified atom stereocenters. The summed E-state index contributed by atoms with van der Waals surface area (Å²) in [6.07, 6.45) is 23.6. The molecule has 3 fully saturated rings. The van der Waals surface area contributed by atoms with Crippen molar-refractivity contribution in [3.8, 4) is 0 Å². The summed E-state index contributed by atoms with van der Waals surface area (Å²) in [5, 5.41) is 102. The van der Waals surface area contributed by atoms with Crippen molar-refractivity contribution in [3.05, 3.63) is 24.3 Å². The normalized spacial score (nSPS) is 25.7. The van der Waals surface area contributed by atoms with Crippen LogP contribution in [0.4, 0.5) is 0 Å². The van der Waals surface area contributed by atoms with Crippen LogP contribution in [0.15, 0.2) is 24.3 Å². The van der Waals surface area contributed by atoms with Crippen LogP contribution in [0.5, 0.6) is 0 Å². The number of aliphatic hydroxyl groups is 9. The zero-order valence-corrected chi connectivity index (χ0v) is 71.9. The highest BCUT2D eigenvalue weighted by molar-refractivity contribution is 7.47. The van der Waals surface area contributed by atoms with Gasteiger partial charge in [0.05, 0.1) is 13.2 Å². The van der Waals surface area contributed by atoms with E-state index in [0.717, 1.165) is 116 Å². The van der Waals surface area contributed by atoms with Crippen molar-refractivity contribution in [1.29, 1.82) is 0 Å². The predicted octanol–water partition coefficient (Wildman–Crippen LogP) is 16.0. The number of unbranched alkanes of at least 4 members (excludes halogenated alkanes) is 40. The zero-order chi connectivity index (χ0) is 83.4. The van der Waals surface area contributed by atoms with Gasteiger partial charge in [-0.05, 0) is 83.0 Å². The van der Waals surface area contributed by atoms with E-state index in [4.69, 9.17) is 46.9 Å². The van der Waals surface area contributed by atoms with Gasteiger partial charge in [0, 0.05) is 25.7 Å². The Bertz CT molecular complexity index is 2490. The number of carbonyl (C=O) groups is 4. The van der Waals surface area contributed by atoms with Gasteiger partial charge in [0.1, 0.15) is 92.6 Å². The highest BCUT2D eigenvalue weighted by Crippen LogP contribution is 2.49. The van der Waals surface area contributed by atoms with Gasteiger partial charge in [-0.25, -0.2) is 4.57 Å². The van der Waals surface area contributed by atoms with Crippen LogP contribution in [0.1, 0.15) is 375 Å². The molecule has 1 aliphatic carbocycles. The van der Waals surface area contributed by atoms with E-state index in [1.165, 1.54) is 154 Å². The third-order valence-corrected chi connectivity index (χ3v) is 23.3. The summed E-state index contributed by atoms with van der Waals surface area (Å²) in [4.78, 5) is 66.3. The number of ether oxygens (including phenoxy) is 8. The van der Waals surface area contributed by atoms with Crippen molar-refractivity contribution in [3.63, 3.8) is 0 Å². The maximum absolute atomic E-state index is 14.9. The molecule has 0 aromatic rings. The molecule has 10 N–H and O–H groups in total. The van der Waals surface area contributed by atoms with E-state index in [-0.39, 0.29) is 32.1 Å². The lowest BCUT2D eigenvalue weighted by molar-refractivity contribution is -0.360. The van der Waals surface area contributed by atoms with Crippen LogP contribution in [0, 0.1) is 5.92 Å². The van der Waals surface area contributed by atoms with Crippen molar-refractivity contribution < 1.29 is 122 Å². The third-order valence-electron chi connectivity index (χ3n) is 22.3. The van der Waals surface area contributed by atoms with Crippen LogP contribution in [0.2, 0.25) is 0 Å². The van der Waals surface area contributed by atoms with E-state index in [2.05, 4.69) is 58.9 Å². The van der Waals surface area contributed by atoms with Crippen LogP contribution in [-0.2, 0) is 70.7 Å². The minimum absolute atomic E-state index is 0.0132. The average Bonchev–Trinajstić information content (AvgIpc) is 0.754. The van der Waals surface area contributed by atoms with Gasteiger partial charge >= 0.3 is 31.7 Å². The fourth-order valence-electron chi connectivity index (χ4n) is 15.0. The summed E-state index contributed by atoms with van der Waals surface area (Å²) < 4.78 is 73.3. The van der Waals surface area contributed by atoms with Gasteiger partial charge in [0.15, 0.2) is 24.8 Å². The molecule has 0 radical (unpaired) electrons. The van der Waals surface area contributed by atoms with Gasteiger partial charge in [-0.15, -0.1) is 0 Å². The fraction of sp³-hybridized carbons (Fsp3) is 0.909.